The first-order valence-electron chi connectivity index (χ1n) is 7.25. The minimum Gasteiger partial charge on any atom is -0.497 e. The van der Waals surface area contributed by atoms with Gasteiger partial charge in [-0.2, -0.15) is 0 Å². The van der Waals surface area contributed by atoms with E-state index in [1.807, 2.05) is 36.2 Å². The average Bonchev–Trinajstić information content (AvgIpc) is 2.50. The molecule has 1 unspecified atom stereocenters. The quantitative estimate of drug-likeness (QED) is 0.888. The predicted octanol–water partition coefficient (Wildman–Crippen LogP) is 3.31. The van der Waals surface area contributed by atoms with Crippen LogP contribution in [-0.4, -0.2) is 30.7 Å². The fraction of sp³-hybridized carbons (Fsp3) is 0.333. The molecule has 1 atom stereocenters. The zero-order chi connectivity index (χ0) is 16.1. The fourth-order valence-electron chi connectivity index (χ4n) is 2.36. The minimum absolute atomic E-state index is 0.285. The van der Waals surface area contributed by atoms with Crippen LogP contribution in [0.1, 0.15) is 22.8 Å². The van der Waals surface area contributed by atoms with Crippen LogP contribution < -0.4 is 4.74 Å². The number of ether oxygens (including phenoxy) is 1. The number of hydrogen-bond donors (Lipinski definition) is 1. The second kappa shape index (κ2) is 7.38. The molecule has 2 rings (SSSR count). The van der Waals surface area contributed by atoms with E-state index in [1.165, 1.54) is 6.07 Å². The van der Waals surface area contributed by atoms with Gasteiger partial charge in [0.2, 0.25) is 0 Å². The van der Waals surface area contributed by atoms with Crippen LogP contribution in [0.15, 0.2) is 42.5 Å². The maximum atomic E-state index is 13.6. The molecular weight excluding hydrogens is 281 g/mol. The molecule has 0 amide bonds. The third-order valence-electron chi connectivity index (χ3n) is 3.65. The van der Waals surface area contributed by atoms with Crippen LogP contribution in [-0.2, 0) is 6.54 Å². The molecule has 0 radical (unpaired) electrons. The molecule has 0 aromatic heterocycles. The van der Waals surface area contributed by atoms with Gasteiger partial charge in [0.25, 0.3) is 0 Å². The highest BCUT2D eigenvalue weighted by atomic mass is 19.1. The first-order chi connectivity index (χ1) is 10.5. The molecule has 0 saturated heterocycles. The molecule has 0 aliphatic carbocycles. The van der Waals surface area contributed by atoms with Gasteiger partial charge in [0, 0.05) is 13.1 Å². The van der Waals surface area contributed by atoms with Gasteiger partial charge in [-0.05, 0) is 48.9 Å². The Hall–Kier alpha value is -1.91. The van der Waals surface area contributed by atoms with Crippen LogP contribution >= 0.6 is 0 Å². The molecule has 0 aliphatic rings. The number of likely N-dealkylation sites (N-methyl/N-ethyl adjacent to an activating group) is 1. The van der Waals surface area contributed by atoms with Gasteiger partial charge in [0.1, 0.15) is 11.6 Å². The van der Waals surface area contributed by atoms with Crippen molar-refractivity contribution in [3.63, 3.8) is 0 Å². The van der Waals surface area contributed by atoms with Crippen LogP contribution in [0.3, 0.4) is 0 Å². The normalized spacial score (nSPS) is 12.5. The van der Waals surface area contributed by atoms with Crippen LogP contribution in [0.5, 0.6) is 5.75 Å². The van der Waals surface area contributed by atoms with Gasteiger partial charge in [0.15, 0.2) is 0 Å². The molecule has 3 nitrogen and oxygen atoms in total. The summed E-state index contributed by atoms with van der Waals surface area (Å²) < 4.78 is 18.8. The van der Waals surface area contributed by atoms with Crippen molar-refractivity contribution < 1.29 is 14.2 Å². The molecule has 2 aromatic rings. The molecule has 0 spiro atoms. The fourth-order valence-corrected chi connectivity index (χ4v) is 2.36. The Morgan fingerprint density at radius 1 is 1.23 bits per heavy atom. The predicted molar refractivity (Wildman–Crippen MR) is 85.4 cm³/mol. The number of halogens is 1. The lowest BCUT2D eigenvalue weighted by molar-refractivity contribution is 0.123. The van der Waals surface area contributed by atoms with Crippen molar-refractivity contribution in [2.45, 2.75) is 19.6 Å². The van der Waals surface area contributed by atoms with E-state index in [-0.39, 0.29) is 5.82 Å². The summed E-state index contributed by atoms with van der Waals surface area (Å²) in [6, 6.07) is 12.7. The second-order valence-electron chi connectivity index (χ2n) is 5.57. The lowest BCUT2D eigenvalue weighted by Crippen LogP contribution is -2.24. The highest BCUT2D eigenvalue weighted by molar-refractivity contribution is 5.28. The Kier molecular flexibility index (Phi) is 5.52. The number of hydrogen-bond acceptors (Lipinski definition) is 3. The van der Waals surface area contributed by atoms with Crippen molar-refractivity contribution >= 4 is 0 Å². The number of aliphatic hydroxyl groups excluding tert-OH is 1. The molecule has 0 saturated carbocycles. The monoisotopic (exact) mass is 303 g/mol. The zero-order valence-corrected chi connectivity index (χ0v) is 13.2. The van der Waals surface area contributed by atoms with Gasteiger partial charge in [-0.3, -0.25) is 4.90 Å². The van der Waals surface area contributed by atoms with E-state index in [2.05, 4.69) is 0 Å². The van der Waals surface area contributed by atoms with Crippen LogP contribution in [0.2, 0.25) is 0 Å². The number of rotatable bonds is 6. The molecule has 0 bridgehead atoms. The summed E-state index contributed by atoms with van der Waals surface area (Å²) in [6.07, 6.45) is -0.717. The van der Waals surface area contributed by atoms with Crippen molar-refractivity contribution in [2.75, 3.05) is 20.7 Å². The summed E-state index contributed by atoms with van der Waals surface area (Å²) in [7, 11) is 3.56. The van der Waals surface area contributed by atoms with E-state index >= 15 is 0 Å². The Morgan fingerprint density at radius 3 is 2.68 bits per heavy atom. The van der Waals surface area contributed by atoms with Gasteiger partial charge in [-0.25, -0.2) is 4.39 Å². The molecular formula is C18H22FNO2. The highest BCUT2D eigenvalue weighted by Crippen LogP contribution is 2.19. The van der Waals surface area contributed by atoms with Crippen LogP contribution in [0.25, 0.3) is 0 Å². The van der Waals surface area contributed by atoms with E-state index in [1.54, 1.807) is 26.2 Å². The SMILES string of the molecule is COc1cccc(CN(C)CC(O)c2ccc(C)c(F)c2)c1. The second-order valence-corrected chi connectivity index (χ2v) is 5.57. The number of nitrogens with zero attached hydrogens (tertiary/aromatic N) is 1. The summed E-state index contributed by atoms with van der Waals surface area (Å²) in [5.74, 6) is 0.527. The van der Waals surface area contributed by atoms with E-state index in [0.717, 1.165) is 11.3 Å². The molecule has 4 heteroatoms. The molecule has 118 valence electrons. The van der Waals surface area contributed by atoms with Crippen LogP contribution in [0, 0.1) is 12.7 Å². The minimum atomic E-state index is -0.717. The average molecular weight is 303 g/mol. The smallest absolute Gasteiger partial charge is 0.126 e. The third kappa shape index (κ3) is 4.29. The standard InChI is InChI=1S/C18H22FNO2/c1-13-7-8-15(10-17(13)19)18(21)12-20(2)11-14-5-4-6-16(9-14)22-3/h4-10,18,21H,11-12H2,1-3H3. The maximum Gasteiger partial charge on any atom is 0.126 e. The van der Waals surface area contributed by atoms with Crippen molar-refractivity contribution in [1.82, 2.24) is 4.90 Å². The molecule has 1 N–H and O–H groups in total. The largest absolute Gasteiger partial charge is 0.497 e. The number of aliphatic hydroxyl groups is 1. The van der Waals surface area contributed by atoms with E-state index in [4.69, 9.17) is 4.74 Å². The van der Waals surface area contributed by atoms with Crippen molar-refractivity contribution in [1.29, 1.82) is 0 Å². The maximum absolute atomic E-state index is 13.6. The lowest BCUT2D eigenvalue weighted by Gasteiger charge is -2.21. The summed E-state index contributed by atoms with van der Waals surface area (Å²) in [5, 5.41) is 10.3. The Bertz CT molecular complexity index is 630. The first-order valence-corrected chi connectivity index (χ1v) is 7.25. The summed E-state index contributed by atoms with van der Waals surface area (Å²) in [4.78, 5) is 2.00. The summed E-state index contributed by atoms with van der Waals surface area (Å²) in [6.45, 7) is 2.82. The number of methoxy groups -OCH3 is 1. The van der Waals surface area contributed by atoms with Crippen molar-refractivity contribution in [3.8, 4) is 5.75 Å². The van der Waals surface area contributed by atoms with Crippen molar-refractivity contribution in [2.24, 2.45) is 0 Å². The van der Waals surface area contributed by atoms with Crippen LogP contribution in [0.4, 0.5) is 4.39 Å². The molecule has 22 heavy (non-hydrogen) atoms. The topological polar surface area (TPSA) is 32.7 Å². The van der Waals surface area contributed by atoms with Crippen molar-refractivity contribution in [3.05, 3.63) is 65.0 Å². The molecule has 2 aromatic carbocycles. The Labute approximate surface area is 131 Å². The third-order valence-corrected chi connectivity index (χ3v) is 3.65. The van der Waals surface area contributed by atoms with Gasteiger partial charge in [-0.15, -0.1) is 0 Å². The molecule has 0 aliphatic heterocycles. The highest BCUT2D eigenvalue weighted by Gasteiger charge is 2.13. The van der Waals surface area contributed by atoms with Gasteiger partial charge >= 0.3 is 0 Å². The van der Waals surface area contributed by atoms with Gasteiger partial charge in [0.05, 0.1) is 13.2 Å². The lowest BCUT2D eigenvalue weighted by atomic mass is 10.1. The first kappa shape index (κ1) is 16.5. The molecule has 0 heterocycles. The zero-order valence-electron chi connectivity index (χ0n) is 13.2. The Morgan fingerprint density at radius 2 is 2.00 bits per heavy atom. The van der Waals surface area contributed by atoms with E-state index in [9.17, 15) is 9.50 Å². The van der Waals surface area contributed by atoms with Gasteiger partial charge in [-0.1, -0.05) is 24.3 Å². The van der Waals surface area contributed by atoms with E-state index < -0.39 is 6.10 Å². The number of benzene rings is 2. The summed E-state index contributed by atoms with van der Waals surface area (Å²) in [5.41, 5.74) is 2.28. The number of aryl methyl sites for hydroxylation is 1. The molecule has 0 fully saturated rings. The van der Waals surface area contributed by atoms with Gasteiger partial charge < -0.3 is 9.84 Å². The van der Waals surface area contributed by atoms with E-state index in [0.29, 0.717) is 24.2 Å². The summed E-state index contributed by atoms with van der Waals surface area (Å²) >= 11 is 0. The Balaban J connectivity index is 1.98.